The fourth-order valence-corrected chi connectivity index (χ4v) is 2.28. The summed E-state index contributed by atoms with van der Waals surface area (Å²) in [4.78, 5) is 0. The first kappa shape index (κ1) is 13.3. The predicted octanol–water partition coefficient (Wildman–Crippen LogP) is 2.09. The Morgan fingerprint density at radius 3 is 2.89 bits per heavy atom. The van der Waals surface area contributed by atoms with Gasteiger partial charge < -0.3 is 14.8 Å². The molecule has 2 rings (SSSR count). The summed E-state index contributed by atoms with van der Waals surface area (Å²) in [7, 11) is 1.66. The van der Waals surface area contributed by atoms with E-state index in [1.165, 1.54) is 0 Å². The maximum absolute atomic E-state index is 9.08. The second kappa shape index (κ2) is 5.70. The maximum Gasteiger partial charge on any atom is 0.123 e. The zero-order chi connectivity index (χ0) is 13.0. The molecule has 1 N–H and O–H groups in total. The van der Waals surface area contributed by atoms with Gasteiger partial charge in [0.25, 0.3) is 0 Å². The number of rotatable bonds is 5. The van der Waals surface area contributed by atoms with Crippen LogP contribution in [0, 0.1) is 16.7 Å². The molecule has 0 atom stereocenters. The van der Waals surface area contributed by atoms with E-state index in [2.05, 4.69) is 27.3 Å². The van der Waals surface area contributed by atoms with Gasteiger partial charge in [-0.05, 0) is 18.2 Å². The summed E-state index contributed by atoms with van der Waals surface area (Å²) in [6.07, 6.45) is 0. The lowest BCUT2D eigenvalue weighted by molar-refractivity contribution is -0.0755. The van der Waals surface area contributed by atoms with E-state index in [4.69, 9.17) is 14.7 Å². The van der Waals surface area contributed by atoms with Crippen molar-refractivity contribution < 1.29 is 9.47 Å². The van der Waals surface area contributed by atoms with Gasteiger partial charge in [0.15, 0.2) is 0 Å². The molecule has 0 unspecified atom stereocenters. The van der Waals surface area contributed by atoms with Crippen molar-refractivity contribution in [3.05, 3.63) is 28.2 Å². The number of nitrogens with zero attached hydrogens (tertiary/aromatic N) is 1. The minimum Gasteiger partial charge on any atom is -0.496 e. The lowest BCUT2D eigenvalue weighted by Gasteiger charge is -2.35. The number of ether oxygens (including phenoxy) is 2. The minimum atomic E-state index is -0.348. The normalized spacial score (nSPS) is 16.7. The van der Waals surface area contributed by atoms with Crippen LogP contribution in [0.5, 0.6) is 5.75 Å². The maximum atomic E-state index is 9.08. The molecule has 4 nitrogen and oxygen atoms in total. The first-order valence-electron chi connectivity index (χ1n) is 5.71. The Labute approximate surface area is 115 Å². The molecule has 0 aromatic heterocycles. The molecule has 0 amide bonds. The van der Waals surface area contributed by atoms with Crippen LogP contribution in [0.25, 0.3) is 0 Å². The number of benzene rings is 1. The largest absolute Gasteiger partial charge is 0.496 e. The summed E-state index contributed by atoms with van der Waals surface area (Å²) in [5, 5.41) is 12.4. The summed E-state index contributed by atoms with van der Waals surface area (Å²) < 4.78 is 11.4. The highest BCUT2D eigenvalue weighted by Gasteiger charge is 2.38. The zero-order valence-corrected chi connectivity index (χ0v) is 11.8. The molecule has 1 saturated heterocycles. The third-order valence-corrected chi connectivity index (χ3v) is 3.51. The topological polar surface area (TPSA) is 54.3 Å². The molecule has 1 fully saturated rings. The van der Waals surface area contributed by atoms with Crippen LogP contribution < -0.4 is 10.1 Å². The van der Waals surface area contributed by atoms with Crippen LogP contribution in [-0.4, -0.2) is 26.9 Å². The molecule has 5 heteroatoms. The first-order chi connectivity index (χ1) is 8.69. The molecule has 1 aliphatic heterocycles. The smallest absolute Gasteiger partial charge is 0.123 e. The standard InChI is InChI=1S/C13H15BrN2O2/c1-17-12-3-2-11(14)4-10(12)5-16-7-13(6-15)8-18-9-13/h2-4,16H,5,7-9H2,1H3. The Kier molecular flexibility index (Phi) is 4.23. The number of nitriles is 1. The van der Waals surface area contributed by atoms with Gasteiger partial charge in [0, 0.05) is 23.1 Å². The Morgan fingerprint density at radius 2 is 2.33 bits per heavy atom. The molecular formula is C13H15BrN2O2. The second-order valence-electron chi connectivity index (χ2n) is 4.44. The number of hydrogen-bond donors (Lipinski definition) is 1. The summed E-state index contributed by atoms with van der Waals surface area (Å²) in [5.41, 5.74) is 0.722. The van der Waals surface area contributed by atoms with Crippen LogP contribution in [0.3, 0.4) is 0 Å². The quantitative estimate of drug-likeness (QED) is 0.905. The van der Waals surface area contributed by atoms with Gasteiger partial charge in [0.1, 0.15) is 11.2 Å². The van der Waals surface area contributed by atoms with E-state index >= 15 is 0 Å². The van der Waals surface area contributed by atoms with Gasteiger partial charge >= 0.3 is 0 Å². The van der Waals surface area contributed by atoms with Crippen LogP contribution in [0.1, 0.15) is 5.56 Å². The Hall–Kier alpha value is -1.09. The highest BCUT2D eigenvalue weighted by molar-refractivity contribution is 9.10. The van der Waals surface area contributed by atoms with Gasteiger partial charge in [0.05, 0.1) is 26.4 Å². The number of methoxy groups -OCH3 is 1. The van der Waals surface area contributed by atoms with E-state index < -0.39 is 0 Å². The molecule has 18 heavy (non-hydrogen) atoms. The summed E-state index contributed by atoms with van der Waals surface area (Å²) in [6, 6.07) is 8.20. The average molecular weight is 311 g/mol. The third kappa shape index (κ3) is 2.83. The van der Waals surface area contributed by atoms with Crippen molar-refractivity contribution in [2.24, 2.45) is 5.41 Å². The number of hydrogen-bond acceptors (Lipinski definition) is 4. The predicted molar refractivity (Wildman–Crippen MR) is 71.3 cm³/mol. The molecule has 1 aromatic rings. The van der Waals surface area contributed by atoms with Gasteiger partial charge in [-0.3, -0.25) is 0 Å². The second-order valence-corrected chi connectivity index (χ2v) is 5.36. The van der Waals surface area contributed by atoms with Crippen molar-refractivity contribution in [3.63, 3.8) is 0 Å². The van der Waals surface area contributed by atoms with E-state index in [0.29, 0.717) is 26.3 Å². The first-order valence-corrected chi connectivity index (χ1v) is 6.50. The molecule has 1 aromatic carbocycles. The molecule has 96 valence electrons. The summed E-state index contributed by atoms with van der Waals surface area (Å²) in [5.74, 6) is 0.849. The van der Waals surface area contributed by atoms with Crippen molar-refractivity contribution in [2.45, 2.75) is 6.54 Å². The van der Waals surface area contributed by atoms with Crippen LogP contribution in [0.2, 0.25) is 0 Å². The zero-order valence-electron chi connectivity index (χ0n) is 10.2. The molecule has 0 bridgehead atoms. The van der Waals surface area contributed by atoms with Crippen LogP contribution in [0.15, 0.2) is 22.7 Å². The Balaban J connectivity index is 1.94. The Bertz CT molecular complexity index is 467. The van der Waals surface area contributed by atoms with Crippen LogP contribution in [-0.2, 0) is 11.3 Å². The monoisotopic (exact) mass is 310 g/mol. The van der Waals surface area contributed by atoms with E-state index in [0.717, 1.165) is 15.8 Å². The Morgan fingerprint density at radius 1 is 1.56 bits per heavy atom. The molecule has 0 spiro atoms. The van der Waals surface area contributed by atoms with Crippen molar-refractivity contribution in [2.75, 3.05) is 26.9 Å². The average Bonchev–Trinajstić information content (AvgIpc) is 2.33. The van der Waals surface area contributed by atoms with Gasteiger partial charge in [-0.15, -0.1) is 0 Å². The fraction of sp³-hybridized carbons (Fsp3) is 0.462. The van der Waals surface area contributed by atoms with Crippen molar-refractivity contribution in [1.82, 2.24) is 5.32 Å². The van der Waals surface area contributed by atoms with Crippen molar-refractivity contribution in [1.29, 1.82) is 5.26 Å². The SMILES string of the molecule is COc1ccc(Br)cc1CNCC1(C#N)COC1. The summed E-state index contributed by atoms with van der Waals surface area (Å²) in [6.45, 7) is 2.35. The molecule has 0 radical (unpaired) electrons. The van der Waals surface area contributed by atoms with Crippen molar-refractivity contribution in [3.8, 4) is 11.8 Å². The minimum absolute atomic E-state index is 0.348. The van der Waals surface area contributed by atoms with Crippen molar-refractivity contribution >= 4 is 15.9 Å². The van der Waals surface area contributed by atoms with E-state index in [1.807, 2.05) is 18.2 Å². The van der Waals surface area contributed by atoms with Gasteiger partial charge in [0.2, 0.25) is 0 Å². The molecule has 1 heterocycles. The fourth-order valence-electron chi connectivity index (χ4n) is 1.88. The van der Waals surface area contributed by atoms with E-state index in [9.17, 15) is 0 Å². The molecular weight excluding hydrogens is 296 g/mol. The third-order valence-electron chi connectivity index (χ3n) is 3.02. The van der Waals surface area contributed by atoms with Gasteiger partial charge in [-0.2, -0.15) is 5.26 Å². The highest BCUT2D eigenvalue weighted by Crippen LogP contribution is 2.26. The van der Waals surface area contributed by atoms with Crippen LogP contribution in [0.4, 0.5) is 0 Å². The number of halogens is 1. The highest BCUT2D eigenvalue weighted by atomic mass is 79.9. The van der Waals surface area contributed by atoms with E-state index in [1.54, 1.807) is 7.11 Å². The van der Waals surface area contributed by atoms with Crippen LogP contribution >= 0.6 is 15.9 Å². The molecule has 1 aliphatic rings. The molecule has 0 aliphatic carbocycles. The lowest BCUT2D eigenvalue weighted by atomic mass is 9.88. The lowest BCUT2D eigenvalue weighted by Crippen LogP contribution is -2.48. The molecule has 0 saturated carbocycles. The number of nitrogens with one attached hydrogen (secondary N) is 1. The van der Waals surface area contributed by atoms with Gasteiger partial charge in [-0.25, -0.2) is 0 Å². The summed E-state index contributed by atoms with van der Waals surface area (Å²) >= 11 is 3.44. The van der Waals surface area contributed by atoms with Gasteiger partial charge in [-0.1, -0.05) is 15.9 Å². The van der Waals surface area contributed by atoms with E-state index in [-0.39, 0.29) is 5.41 Å².